The maximum atomic E-state index is 12.9. The van der Waals surface area contributed by atoms with Crippen LogP contribution in [0.25, 0.3) is 22.6 Å². The summed E-state index contributed by atoms with van der Waals surface area (Å²) in [6.45, 7) is 1.47. The van der Waals surface area contributed by atoms with E-state index >= 15 is 0 Å². The standard InChI is InChI=1S/C23H19ClN2O3/c1-13(22(25)27)29-23(28)20-17-4-2-3-5-19(17)26-21-15(8-11-18(20)21)12-14-6-9-16(24)10-7-14/h2-7,9-10,12-13H,8,11H2,1H3,(H2,25,27)/b15-12+/t13-/m1/s1. The molecule has 146 valence electrons. The van der Waals surface area contributed by atoms with Crippen molar-refractivity contribution in [3.05, 3.63) is 75.9 Å². The van der Waals surface area contributed by atoms with Crippen molar-refractivity contribution in [2.75, 3.05) is 0 Å². The summed E-state index contributed by atoms with van der Waals surface area (Å²) < 4.78 is 5.32. The molecule has 0 unspecified atom stereocenters. The quantitative estimate of drug-likeness (QED) is 0.651. The molecule has 4 rings (SSSR count). The third-order valence-electron chi connectivity index (χ3n) is 5.04. The molecule has 0 saturated carbocycles. The van der Waals surface area contributed by atoms with Crippen molar-refractivity contribution >= 4 is 46.0 Å². The average molecular weight is 407 g/mol. The minimum Gasteiger partial charge on any atom is -0.449 e. The summed E-state index contributed by atoms with van der Waals surface area (Å²) in [6.07, 6.45) is 2.48. The van der Waals surface area contributed by atoms with Crippen LogP contribution in [0.1, 0.15) is 40.5 Å². The minimum atomic E-state index is -1.00. The molecule has 2 aromatic carbocycles. The molecule has 1 atom stereocenters. The molecule has 1 amide bonds. The van der Waals surface area contributed by atoms with Gasteiger partial charge in [0, 0.05) is 10.4 Å². The number of primary amides is 1. The zero-order chi connectivity index (χ0) is 20.5. The second-order valence-electron chi connectivity index (χ2n) is 7.00. The normalized spacial score (nSPS) is 15.3. The van der Waals surface area contributed by atoms with E-state index in [0.29, 0.717) is 27.9 Å². The fourth-order valence-electron chi connectivity index (χ4n) is 3.55. The van der Waals surface area contributed by atoms with Crippen molar-refractivity contribution in [1.29, 1.82) is 0 Å². The molecule has 1 aromatic heterocycles. The Kier molecular flexibility index (Phi) is 5.07. The summed E-state index contributed by atoms with van der Waals surface area (Å²) in [5.41, 5.74) is 10.1. The molecular weight excluding hydrogens is 388 g/mol. The number of fused-ring (bicyclic) bond motifs is 2. The van der Waals surface area contributed by atoms with Gasteiger partial charge in [0.2, 0.25) is 0 Å². The van der Waals surface area contributed by atoms with E-state index in [1.165, 1.54) is 6.92 Å². The summed E-state index contributed by atoms with van der Waals surface area (Å²) in [4.78, 5) is 29.1. The van der Waals surface area contributed by atoms with Crippen molar-refractivity contribution in [3.8, 4) is 0 Å². The number of amides is 1. The first kappa shape index (κ1) is 19.2. The van der Waals surface area contributed by atoms with Gasteiger partial charge in [0.1, 0.15) is 0 Å². The van der Waals surface area contributed by atoms with Crippen LogP contribution in [-0.4, -0.2) is 23.0 Å². The lowest BCUT2D eigenvalue weighted by atomic mass is 10.0. The highest BCUT2D eigenvalue weighted by molar-refractivity contribution is 6.30. The molecule has 1 aliphatic carbocycles. The molecule has 5 nitrogen and oxygen atoms in total. The van der Waals surface area contributed by atoms with E-state index in [1.54, 1.807) is 0 Å². The van der Waals surface area contributed by atoms with Gasteiger partial charge in [-0.15, -0.1) is 0 Å². The van der Waals surface area contributed by atoms with Gasteiger partial charge in [0.15, 0.2) is 6.10 Å². The number of carbonyl (C=O) groups excluding carboxylic acids is 2. The molecule has 29 heavy (non-hydrogen) atoms. The van der Waals surface area contributed by atoms with Crippen LogP contribution in [0.3, 0.4) is 0 Å². The highest BCUT2D eigenvalue weighted by atomic mass is 35.5. The number of hydrogen-bond acceptors (Lipinski definition) is 4. The molecule has 0 radical (unpaired) electrons. The van der Waals surface area contributed by atoms with Crippen LogP contribution in [0.15, 0.2) is 48.5 Å². The number of aromatic nitrogens is 1. The molecule has 2 N–H and O–H groups in total. The van der Waals surface area contributed by atoms with Crippen LogP contribution < -0.4 is 5.73 Å². The largest absolute Gasteiger partial charge is 0.449 e. The lowest BCUT2D eigenvalue weighted by molar-refractivity contribution is -0.125. The highest BCUT2D eigenvalue weighted by Gasteiger charge is 2.29. The van der Waals surface area contributed by atoms with Crippen molar-refractivity contribution in [3.63, 3.8) is 0 Å². The Bertz CT molecular complexity index is 1150. The molecule has 1 aliphatic rings. The van der Waals surface area contributed by atoms with Gasteiger partial charge in [0.05, 0.1) is 16.8 Å². The third kappa shape index (κ3) is 3.74. The van der Waals surface area contributed by atoms with Crippen LogP contribution in [0, 0.1) is 0 Å². The topological polar surface area (TPSA) is 82.3 Å². The number of rotatable bonds is 4. The molecule has 6 heteroatoms. The number of halogens is 1. The molecule has 0 aliphatic heterocycles. The zero-order valence-corrected chi connectivity index (χ0v) is 16.6. The maximum Gasteiger partial charge on any atom is 0.339 e. The van der Waals surface area contributed by atoms with Crippen LogP contribution in [0.2, 0.25) is 5.02 Å². The van der Waals surface area contributed by atoms with Gasteiger partial charge in [-0.05, 0) is 60.7 Å². The van der Waals surface area contributed by atoms with E-state index in [1.807, 2.05) is 48.5 Å². The number of hydrogen-bond donors (Lipinski definition) is 1. The van der Waals surface area contributed by atoms with Gasteiger partial charge in [0.25, 0.3) is 5.91 Å². The van der Waals surface area contributed by atoms with Gasteiger partial charge < -0.3 is 10.5 Å². The summed E-state index contributed by atoms with van der Waals surface area (Å²) in [5.74, 6) is -1.24. The second-order valence-corrected chi connectivity index (χ2v) is 7.44. The predicted octanol–water partition coefficient (Wildman–Crippen LogP) is 4.41. The second kappa shape index (κ2) is 7.68. The number of benzene rings is 2. The smallest absolute Gasteiger partial charge is 0.339 e. The molecule has 0 spiro atoms. The van der Waals surface area contributed by atoms with Gasteiger partial charge in [-0.1, -0.05) is 41.9 Å². The van der Waals surface area contributed by atoms with Crippen molar-refractivity contribution < 1.29 is 14.3 Å². The Labute approximate surface area is 173 Å². The van der Waals surface area contributed by atoms with Crippen LogP contribution in [0.5, 0.6) is 0 Å². The van der Waals surface area contributed by atoms with E-state index in [9.17, 15) is 9.59 Å². The van der Waals surface area contributed by atoms with E-state index < -0.39 is 18.0 Å². The van der Waals surface area contributed by atoms with Crippen LogP contribution in [0.4, 0.5) is 0 Å². The van der Waals surface area contributed by atoms with Gasteiger partial charge >= 0.3 is 5.97 Å². The van der Waals surface area contributed by atoms with E-state index in [0.717, 1.165) is 28.8 Å². The molecule has 1 heterocycles. The number of nitrogens with zero attached hydrogens (tertiary/aromatic N) is 1. The van der Waals surface area contributed by atoms with Crippen molar-refractivity contribution in [2.24, 2.45) is 5.73 Å². The lowest BCUT2D eigenvalue weighted by Crippen LogP contribution is -2.30. The summed E-state index contributed by atoms with van der Waals surface area (Å²) in [6, 6.07) is 15.0. The Hall–Kier alpha value is -3.18. The van der Waals surface area contributed by atoms with E-state index in [4.69, 9.17) is 27.1 Å². The zero-order valence-electron chi connectivity index (χ0n) is 15.8. The summed E-state index contributed by atoms with van der Waals surface area (Å²) >= 11 is 5.98. The Morgan fingerprint density at radius 3 is 2.59 bits per heavy atom. The lowest BCUT2D eigenvalue weighted by Gasteiger charge is -2.14. The fourth-order valence-corrected chi connectivity index (χ4v) is 3.68. The first-order valence-electron chi connectivity index (χ1n) is 9.32. The number of nitrogens with two attached hydrogens (primary N) is 1. The fraction of sp³-hybridized carbons (Fsp3) is 0.174. The maximum absolute atomic E-state index is 12.9. The molecule has 0 bridgehead atoms. The first-order chi connectivity index (χ1) is 13.9. The van der Waals surface area contributed by atoms with Crippen molar-refractivity contribution in [2.45, 2.75) is 25.9 Å². The number of esters is 1. The Balaban J connectivity index is 1.84. The third-order valence-corrected chi connectivity index (χ3v) is 5.29. The van der Waals surface area contributed by atoms with E-state index in [-0.39, 0.29) is 0 Å². The number of carbonyl (C=O) groups is 2. The molecule has 0 saturated heterocycles. The Morgan fingerprint density at radius 1 is 1.14 bits per heavy atom. The first-order valence-corrected chi connectivity index (χ1v) is 9.70. The van der Waals surface area contributed by atoms with Crippen LogP contribution >= 0.6 is 11.6 Å². The predicted molar refractivity (Wildman–Crippen MR) is 113 cm³/mol. The molecule has 0 fully saturated rings. The van der Waals surface area contributed by atoms with Crippen molar-refractivity contribution in [1.82, 2.24) is 4.98 Å². The van der Waals surface area contributed by atoms with E-state index in [2.05, 4.69) is 6.08 Å². The summed E-state index contributed by atoms with van der Waals surface area (Å²) in [5, 5.41) is 1.39. The number of pyridine rings is 1. The average Bonchev–Trinajstić information content (AvgIpc) is 3.09. The SMILES string of the molecule is C[C@@H](OC(=O)c1c2c(nc3ccccc13)/C(=C/c1ccc(Cl)cc1)CC2)C(N)=O. The monoisotopic (exact) mass is 406 g/mol. The van der Waals surface area contributed by atoms with Gasteiger partial charge in [-0.2, -0.15) is 0 Å². The number of ether oxygens (including phenoxy) is 1. The summed E-state index contributed by atoms with van der Waals surface area (Å²) in [7, 11) is 0. The van der Waals surface area contributed by atoms with Gasteiger partial charge in [-0.3, -0.25) is 4.79 Å². The highest BCUT2D eigenvalue weighted by Crippen LogP contribution is 2.38. The number of allylic oxidation sites excluding steroid dienone is 1. The minimum absolute atomic E-state index is 0.457. The molecule has 3 aromatic rings. The Morgan fingerprint density at radius 2 is 1.86 bits per heavy atom. The number of para-hydroxylation sites is 1. The van der Waals surface area contributed by atoms with Crippen LogP contribution in [-0.2, 0) is 16.0 Å². The van der Waals surface area contributed by atoms with Gasteiger partial charge in [-0.25, -0.2) is 9.78 Å². The molecular formula is C23H19ClN2O3.